The Morgan fingerprint density at radius 2 is 1.93 bits per heavy atom. The van der Waals surface area contributed by atoms with Crippen LogP contribution in [0.2, 0.25) is 5.02 Å². The average molecular weight is 224 g/mol. The minimum absolute atomic E-state index is 0.0709. The van der Waals surface area contributed by atoms with E-state index in [0.29, 0.717) is 11.6 Å². The zero-order chi connectivity index (χ0) is 10.8. The normalized spacial score (nSPS) is 15.7. The number of imide groups is 1. The van der Waals surface area contributed by atoms with Gasteiger partial charge in [0.05, 0.1) is 0 Å². The molecule has 1 radical (unpaired) electrons. The summed E-state index contributed by atoms with van der Waals surface area (Å²) in [5.41, 5.74) is 0.928. The summed E-state index contributed by atoms with van der Waals surface area (Å²) < 4.78 is 0. The number of hydrogen-bond acceptors (Lipinski definition) is 2. The number of benzene rings is 1. The first-order valence-corrected chi connectivity index (χ1v) is 4.81. The second kappa shape index (κ2) is 3.90. The topological polar surface area (TPSA) is 51.5 Å². The average Bonchev–Trinajstić information content (AvgIpc) is 2.49. The van der Waals surface area contributed by atoms with Gasteiger partial charge in [0.15, 0.2) is 0 Å². The lowest BCUT2D eigenvalue weighted by molar-refractivity contribution is -0.118. The fourth-order valence-corrected chi connectivity index (χ4v) is 1.50. The molecule has 0 bridgehead atoms. The fraction of sp³-hybridized carbons (Fsp3) is 0.200. The van der Waals surface area contributed by atoms with Gasteiger partial charge < -0.3 is 4.90 Å². The molecule has 1 fully saturated rings. The predicted octanol–water partition coefficient (Wildman–Crippen LogP) is 1.41. The van der Waals surface area contributed by atoms with Gasteiger partial charge in [-0.05, 0) is 17.7 Å². The first-order chi connectivity index (χ1) is 7.15. The van der Waals surface area contributed by atoms with E-state index in [0.717, 1.165) is 5.56 Å². The molecule has 0 N–H and O–H groups in total. The minimum atomic E-state index is -0.463. The molecule has 3 amide bonds. The van der Waals surface area contributed by atoms with Gasteiger partial charge in [-0.25, -0.2) is 4.79 Å². The Hall–Kier alpha value is -1.55. The van der Waals surface area contributed by atoms with Crippen molar-refractivity contribution < 1.29 is 9.59 Å². The molecule has 1 aliphatic rings. The highest BCUT2D eigenvalue weighted by Crippen LogP contribution is 2.12. The molecule has 4 nitrogen and oxygen atoms in total. The van der Waals surface area contributed by atoms with Crippen molar-refractivity contribution in [3.8, 4) is 0 Å². The van der Waals surface area contributed by atoms with Gasteiger partial charge in [0, 0.05) is 11.6 Å². The molecule has 2 rings (SSSR count). The third-order valence-electron chi connectivity index (χ3n) is 2.10. The van der Waals surface area contributed by atoms with Crippen LogP contribution < -0.4 is 5.32 Å². The van der Waals surface area contributed by atoms with E-state index in [-0.39, 0.29) is 12.5 Å². The first kappa shape index (κ1) is 9.98. The SMILES string of the molecule is O=C1CN(Cc2ccc(Cl)cc2)C(=O)[N]1. The molecule has 0 saturated carbocycles. The van der Waals surface area contributed by atoms with E-state index in [1.54, 1.807) is 12.1 Å². The van der Waals surface area contributed by atoms with Gasteiger partial charge in [-0.2, -0.15) is 5.32 Å². The van der Waals surface area contributed by atoms with Crippen molar-refractivity contribution in [3.05, 3.63) is 34.9 Å². The van der Waals surface area contributed by atoms with Crippen molar-refractivity contribution in [2.75, 3.05) is 6.54 Å². The highest BCUT2D eigenvalue weighted by atomic mass is 35.5. The zero-order valence-electron chi connectivity index (χ0n) is 7.81. The molecule has 1 aliphatic heterocycles. The Balaban J connectivity index is 2.06. The van der Waals surface area contributed by atoms with Gasteiger partial charge in [-0.3, -0.25) is 4.79 Å². The standard InChI is InChI=1S/C10H8ClN2O2/c11-8-3-1-7(2-4-8)5-13-6-9(14)12-10(13)15/h1-4H,5-6H2. The summed E-state index contributed by atoms with van der Waals surface area (Å²) in [5.74, 6) is -0.381. The lowest BCUT2D eigenvalue weighted by atomic mass is 10.2. The Morgan fingerprint density at radius 1 is 1.27 bits per heavy atom. The maximum absolute atomic E-state index is 11.2. The molecule has 1 aromatic carbocycles. The largest absolute Gasteiger partial charge is 0.347 e. The van der Waals surface area contributed by atoms with Crippen LogP contribution in [0.25, 0.3) is 0 Å². The van der Waals surface area contributed by atoms with Crippen LogP contribution in [0.4, 0.5) is 4.79 Å². The molecule has 77 valence electrons. The summed E-state index contributed by atoms with van der Waals surface area (Å²) in [7, 11) is 0. The molecule has 0 aliphatic carbocycles. The van der Waals surface area contributed by atoms with Gasteiger partial charge in [0.25, 0.3) is 5.91 Å². The Labute approximate surface area is 91.8 Å². The van der Waals surface area contributed by atoms with Crippen LogP contribution in [0.5, 0.6) is 0 Å². The van der Waals surface area contributed by atoms with E-state index >= 15 is 0 Å². The maximum Gasteiger partial charge on any atom is 0.347 e. The number of rotatable bonds is 2. The number of amides is 3. The van der Waals surface area contributed by atoms with E-state index in [2.05, 4.69) is 5.32 Å². The van der Waals surface area contributed by atoms with Crippen molar-refractivity contribution in [2.24, 2.45) is 0 Å². The van der Waals surface area contributed by atoms with Gasteiger partial charge in [-0.15, -0.1) is 0 Å². The van der Waals surface area contributed by atoms with Crippen LogP contribution in [0, 0.1) is 0 Å². The highest BCUT2D eigenvalue weighted by Gasteiger charge is 2.28. The Morgan fingerprint density at radius 3 is 2.47 bits per heavy atom. The maximum atomic E-state index is 11.2. The number of hydrogen-bond donors (Lipinski definition) is 0. The zero-order valence-corrected chi connectivity index (χ0v) is 8.57. The summed E-state index contributed by atoms with van der Waals surface area (Å²) in [6.45, 7) is 0.465. The van der Waals surface area contributed by atoms with E-state index in [4.69, 9.17) is 11.6 Å². The molecule has 1 aromatic rings. The Bertz CT molecular complexity index is 402. The van der Waals surface area contributed by atoms with Crippen LogP contribution in [0.1, 0.15) is 5.56 Å². The number of carbonyl (C=O) groups excluding carboxylic acids is 2. The van der Waals surface area contributed by atoms with Crippen molar-refractivity contribution in [3.63, 3.8) is 0 Å². The van der Waals surface area contributed by atoms with E-state index in [1.807, 2.05) is 12.1 Å². The third kappa shape index (κ3) is 2.27. The minimum Gasteiger partial charge on any atom is -0.309 e. The number of halogens is 1. The van der Waals surface area contributed by atoms with Crippen molar-refractivity contribution in [2.45, 2.75) is 6.54 Å². The van der Waals surface area contributed by atoms with Gasteiger partial charge in [-0.1, -0.05) is 23.7 Å². The molecule has 0 aromatic heterocycles. The van der Waals surface area contributed by atoms with Crippen molar-refractivity contribution in [1.82, 2.24) is 10.2 Å². The van der Waals surface area contributed by atoms with Crippen LogP contribution in [-0.4, -0.2) is 23.4 Å². The third-order valence-corrected chi connectivity index (χ3v) is 2.36. The quantitative estimate of drug-likeness (QED) is 0.712. The second-order valence-electron chi connectivity index (χ2n) is 3.27. The van der Waals surface area contributed by atoms with Gasteiger partial charge in [0.2, 0.25) is 0 Å². The van der Waals surface area contributed by atoms with Crippen LogP contribution in [0.3, 0.4) is 0 Å². The molecule has 0 atom stereocenters. The molecule has 5 heteroatoms. The second-order valence-corrected chi connectivity index (χ2v) is 3.71. The van der Waals surface area contributed by atoms with Gasteiger partial charge >= 0.3 is 6.03 Å². The van der Waals surface area contributed by atoms with Crippen molar-refractivity contribution in [1.29, 1.82) is 0 Å². The van der Waals surface area contributed by atoms with E-state index in [9.17, 15) is 9.59 Å². The number of urea groups is 1. The van der Waals surface area contributed by atoms with E-state index < -0.39 is 6.03 Å². The lowest BCUT2D eigenvalue weighted by Gasteiger charge is -2.12. The summed E-state index contributed by atoms with van der Waals surface area (Å²) >= 11 is 5.73. The van der Waals surface area contributed by atoms with Crippen LogP contribution >= 0.6 is 11.6 Å². The number of nitrogens with zero attached hydrogens (tertiary/aromatic N) is 2. The monoisotopic (exact) mass is 223 g/mol. The fourth-order valence-electron chi connectivity index (χ4n) is 1.38. The summed E-state index contributed by atoms with van der Waals surface area (Å²) in [4.78, 5) is 23.4. The summed E-state index contributed by atoms with van der Waals surface area (Å²) in [6, 6.07) is 6.67. The highest BCUT2D eigenvalue weighted by molar-refractivity contribution is 6.30. The molecule has 0 spiro atoms. The first-order valence-electron chi connectivity index (χ1n) is 4.43. The van der Waals surface area contributed by atoms with Gasteiger partial charge in [0.1, 0.15) is 6.54 Å². The van der Waals surface area contributed by atoms with Crippen molar-refractivity contribution >= 4 is 23.5 Å². The molecule has 1 saturated heterocycles. The van der Waals surface area contributed by atoms with E-state index in [1.165, 1.54) is 4.90 Å². The van der Waals surface area contributed by atoms with Crippen LogP contribution in [0.15, 0.2) is 24.3 Å². The van der Waals surface area contributed by atoms with Crippen LogP contribution in [-0.2, 0) is 11.3 Å². The molecule has 15 heavy (non-hydrogen) atoms. The smallest absolute Gasteiger partial charge is 0.309 e. The summed E-state index contributed by atoms with van der Waals surface area (Å²) in [6.07, 6.45) is 0. The number of carbonyl (C=O) groups is 2. The molecule has 1 heterocycles. The molecular weight excluding hydrogens is 216 g/mol. The predicted molar refractivity (Wildman–Crippen MR) is 54.4 cm³/mol. The molecule has 0 unspecified atom stereocenters. The Kier molecular flexibility index (Phi) is 2.60. The summed E-state index contributed by atoms with van der Waals surface area (Å²) in [5, 5.41) is 3.95. The lowest BCUT2D eigenvalue weighted by Crippen LogP contribution is -2.25. The molecular formula is C10H8ClN2O2.